The number of nitrogens with zero attached hydrogens (tertiary/aromatic N) is 1. The number of halogens is 1. The first-order valence-corrected chi connectivity index (χ1v) is 6.80. The van der Waals surface area contributed by atoms with Gasteiger partial charge in [-0.05, 0) is 24.6 Å². The summed E-state index contributed by atoms with van der Waals surface area (Å²) in [6.07, 6.45) is 2.54. The molecule has 0 aliphatic carbocycles. The Balaban J connectivity index is 0.00000220. The van der Waals surface area contributed by atoms with Crippen LogP contribution in [0.3, 0.4) is 0 Å². The third kappa shape index (κ3) is 6.20. The summed E-state index contributed by atoms with van der Waals surface area (Å²) >= 11 is 0. The van der Waals surface area contributed by atoms with Crippen molar-refractivity contribution in [3.05, 3.63) is 59.5 Å². The van der Waals surface area contributed by atoms with E-state index in [1.54, 1.807) is 13.3 Å². The van der Waals surface area contributed by atoms with Gasteiger partial charge in [0.05, 0.1) is 6.26 Å². The number of furan rings is 1. The number of benzene rings is 1. The number of guanidine groups is 1. The monoisotopic (exact) mass is 399 g/mol. The Hall–Kier alpha value is -1.50. The van der Waals surface area contributed by atoms with Crippen LogP contribution in [0.1, 0.15) is 16.9 Å². The molecule has 2 rings (SSSR count). The van der Waals surface area contributed by atoms with Crippen molar-refractivity contribution >= 4 is 29.9 Å². The van der Waals surface area contributed by atoms with Crippen molar-refractivity contribution < 1.29 is 4.42 Å². The summed E-state index contributed by atoms with van der Waals surface area (Å²) in [4.78, 5) is 4.20. The van der Waals surface area contributed by atoms with Crippen LogP contribution in [0, 0.1) is 6.92 Å². The lowest BCUT2D eigenvalue weighted by atomic mass is 10.1. The van der Waals surface area contributed by atoms with E-state index < -0.39 is 0 Å². The lowest BCUT2D eigenvalue weighted by Crippen LogP contribution is -2.37. The van der Waals surface area contributed by atoms with Gasteiger partial charge in [-0.3, -0.25) is 4.99 Å². The van der Waals surface area contributed by atoms with Crippen molar-refractivity contribution in [3.63, 3.8) is 0 Å². The molecule has 5 heteroatoms. The minimum absolute atomic E-state index is 0. The third-order valence-electron chi connectivity index (χ3n) is 3.05. The van der Waals surface area contributed by atoms with Crippen molar-refractivity contribution in [2.45, 2.75) is 19.9 Å². The van der Waals surface area contributed by atoms with Gasteiger partial charge < -0.3 is 15.1 Å². The van der Waals surface area contributed by atoms with Crippen LogP contribution in [0.25, 0.3) is 0 Å². The van der Waals surface area contributed by atoms with Crippen LogP contribution in [0.4, 0.5) is 0 Å². The largest absolute Gasteiger partial charge is 0.469 e. The standard InChI is InChI=1S/C16H21N3O.HI/c1-13-5-7-14(8-6-13)12-19-16(17-2)18-10-9-15-4-3-11-20-15;/h3-8,11H,9-10,12H2,1-2H3,(H2,17,18,19);1H. The topological polar surface area (TPSA) is 49.6 Å². The van der Waals surface area contributed by atoms with Crippen molar-refractivity contribution in [1.29, 1.82) is 0 Å². The Kier molecular flexibility index (Phi) is 7.89. The predicted molar refractivity (Wildman–Crippen MR) is 97.2 cm³/mol. The van der Waals surface area contributed by atoms with Crippen molar-refractivity contribution in [2.24, 2.45) is 4.99 Å². The molecule has 21 heavy (non-hydrogen) atoms. The van der Waals surface area contributed by atoms with Crippen LogP contribution >= 0.6 is 24.0 Å². The van der Waals surface area contributed by atoms with Gasteiger partial charge in [0.25, 0.3) is 0 Å². The zero-order valence-corrected chi connectivity index (χ0v) is 14.8. The zero-order valence-electron chi connectivity index (χ0n) is 12.4. The van der Waals surface area contributed by atoms with E-state index in [2.05, 4.69) is 46.8 Å². The second kappa shape index (κ2) is 9.44. The summed E-state index contributed by atoms with van der Waals surface area (Å²) in [5.41, 5.74) is 2.51. The van der Waals surface area contributed by atoms with Gasteiger partial charge in [0, 0.05) is 26.6 Å². The maximum absolute atomic E-state index is 5.29. The van der Waals surface area contributed by atoms with E-state index in [0.29, 0.717) is 0 Å². The number of hydrogen-bond donors (Lipinski definition) is 2. The number of aliphatic imine (C=N–C) groups is 1. The molecule has 1 aromatic heterocycles. The molecular weight excluding hydrogens is 377 g/mol. The molecular formula is C16H22IN3O. The van der Waals surface area contributed by atoms with E-state index >= 15 is 0 Å². The molecule has 0 radical (unpaired) electrons. The maximum Gasteiger partial charge on any atom is 0.191 e. The Morgan fingerprint density at radius 2 is 1.90 bits per heavy atom. The predicted octanol–water partition coefficient (Wildman–Crippen LogP) is 3.11. The second-order valence-electron chi connectivity index (χ2n) is 4.67. The van der Waals surface area contributed by atoms with Gasteiger partial charge in [-0.25, -0.2) is 0 Å². The molecule has 4 nitrogen and oxygen atoms in total. The molecule has 2 aromatic rings. The molecule has 1 aromatic carbocycles. The molecule has 0 saturated carbocycles. The van der Waals surface area contributed by atoms with E-state index in [1.807, 2.05) is 12.1 Å². The molecule has 0 saturated heterocycles. The number of hydrogen-bond acceptors (Lipinski definition) is 2. The number of rotatable bonds is 5. The Morgan fingerprint density at radius 1 is 1.14 bits per heavy atom. The molecule has 1 heterocycles. The zero-order chi connectivity index (χ0) is 14.2. The molecule has 0 amide bonds. The lowest BCUT2D eigenvalue weighted by molar-refractivity contribution is 0.507. The van der Waals surface area contributed by atoms with Gasteiger partial charge in [0.1, 0.15) is 5.76 Å². The van der Waals surface area contributed by atoms with E-state index in [4.69, 9.17) is 4.42 Å². The first-order valence-electron chi connectivity index (χ1n) is 6.80. The minimum Gasteiger partial charge on any atom is -0.469 e. The molecule has 0 unspecified atom stereocenters. The van der Waals surface area contributed by atoms with Gasteiger partial charge in [-0.15, -0.1) is 24.0 Å². The van der Waals surface area contributed by atoms with Gasteiger partial charge in [0.2, 0.25) is 0 Å². The molecule has 0 bridgehead atoms. The SMILES string of the molecule is CN=C(NCCc1ccco1)NCc1ccc(C)cc1.I. The van der Waals surface area contributed by atoms with Crippen LogP contribution < -0.4 is 10.6 Å². The number of aryl methyl sites for hydroxylation is 1. The first-order chi connectivity index (χ1) is 9.78. The molecule has 0 spiro atoms. The molecule has 114 valence electrons. The quantitative estimate of drug-likeness (QED) is 0.462. The Labute approximate surface area is 143 Å². The fourth-order valence-corrected chi connectivity index (χ4v) is 1.87. The van der Waals surface area contributed by atoms with Crippen LogP contribution in [0.5, 0.6) is 0 Å². The highest BCUT2D eigenvalue weighted by Crippen LogP contribution is 2.02. The lowest BCUT2D eigenvalue weighted by Gasteiger charge is -2.11. The molecule has 2 N–H and O–H groups in total. The fraction of sp³-hybridized carbons (Fsp3) is 0.312. The first kappa shape index (κ1) is 17.6. The third-order valence-corrected chi connectivity index (χ3v) is 3.05. The van der Waals surface area contributed by atoms with Crippen LogP contribution in [-0.2, 0) is 13.0 Å². The average Bonchev–Trinajstić information content (AvgIpc) is 2.97. The van der Waals surface area contributed by atoms with Gasteiger partial charge >= 0.3 is 0 Å². The Bertz CT molecular complexity index is 535. The van der Waals surface area contributed by atoms with E-state index in [0.717, 1.165) is 31.2 Å². The summed E-state index contributed by atoms with van der Waals surface area (Å²) in [6.45, 7) is 3.65. The van der Waals surface area contributed by atoms with Crippen molar-refractivity contribution in [3.8, 4) is 0 Å². The summed E-state index contributed by atoms with van der Waals surface area (Å²) < 4.78 is 5.29. The fourth-order valence-electron chi connectivity index (χ4n) is 1.87. The average molecular weight is 399 g/mol. The maximum atomic E-state index is 5.29. The molecule has 0 aliphatic rings. The van der Waals surface area contributed by atoms with E-state index in [1.165, 1.54) is 11.1 Å². The van der Waals surface area contributed by atoms with Crippen molar-refractivity contribution in [1.82, 2.24) is 10.6 Å². The van der Waals surface area contributed by atoms with Crippen LogP contribution in [-0.4, -0.2) is 19.6 Å². The van der Waals surface area contributed by atoms with E-state index in [-0.39, 0.29) is 24.0 Å². The highest BCUT2D eigenvalue weighted by molar-refractivity contribution is 14.0. The van der Waals surface area contributed by atoms with E-state index in [9.17, 15) is 0 Å². The smallest absolute Gasteiger partial charge is 0.191 e. The molecule has 0 aliphatic heterocycles. The highest BCUT2D eigenvalue weighted by Gasteiger charge is 1.99. The normalized spacial score (nSPS) is 10.9. The summed E-state index contributed by atoms with van der Waals surface area (Å²) in [5.74, 6) is 1.78. The summed E-state index contributed by atoms with van der Waals surface area (Å²) in [5, 5.41) is 6.56. The number of nitrogens with one attached hydrogen (secondary N) is 2. The molecule has 0 fully saturated rings. The second-order valence-corrected chi connectivity index (χ2v) is 4.67. The summed E-state index contributed by atoms with van der Waals surface area (Å²) in [7, 11) is 1.78. The Morgan fingerprint density at radius 3 is 2.52 bits per heavy atom. The van der Waals surface area contributed by atoms with Crippen LogP contribution in [0.15, 0.2) is 52.1 Å². The van der Waals surface area contributed by atoms with Gasteiger partial charge in [0.15, 0.2) is 5.96 Å². The van der Waals surface area contributed by atoms with Gasteiger partial charge in [-0.1, -0.05) is 29.8 Å². The highest BCUT2D eigenvalue weighted by atomic mass is 127. The molecule has 0 atom stereocenters. The van der Waals surface area contributed by atoms with Gasteiger partial charge in [-0.2, -0.15) is 0 Å². The van der Waals surface area contributed by atoms with Crippen LogP contribution in [0.2, 0.25) is 0 Å². The summed E-state index contributed by atoms with van der Waals surface area (Å²) in [6, 6.07) is 12.4. The van der Waals surface area contributed by atoms with Crippen molar-refractivity contribution in [2.75, 3.05) is 13.6 Å². The minimum atomic E-state index is 0.